The molecule has 0 spiro atoms. The monoisotopic (exact) mass is 319 g/mol. The van der Waals surface area contributed by atoms with E-state index in [4.69, 9.17) is 21.9 Å². The fraction of sp³-hybridized carbons (Fsp3) is 0.529. The fourth-order valence-corrected chi connectivity index (χ4v) is 3.38. The van der Waals surface area contributed by atoms with Crippen molar-refractivity contribution in [2.45, 2.75) is 56.9 Å². The van der Waals surface area contributed by atoms with Gasteiger partial charge in [-0.3, -0.25) is 0 Å². The minimum Gasteiger partial charge on any atom is -0.339 e. The maximum Gasteiger partial charge on any atom is 0.232 e. The first kappa shape index (κ1) is 15.5. The zero-order valence-electron chi connectivity index (χ0n) is 13.1. The summed E-state index contributed by atoms with van der Waals surface area (Å²) in [6.07, 6.45) is 4.91. The summed E-state index contributed by atoms with van der Waals surface area (Å²) in [5, 5.41) is 4.90. The van der Waals surface area contributed by atoms with Crippen LogP contribution in [0.1, 0.15) is 56.8 Å². The number of benzene rings is 1. The van der Waals surface area contributed by atoms with Crippen LogP contribution in [0.4, 0.5) is 0 Å². The molecule has 0 amide bonds. The summed E-state index contributed by atoms with van der Waals surface area (Å²) in [5.74, 6) is 1.29. The van der Waals surface area contributed by atoms with E-state index >= 15 is 0 Å². The molecule has 22 heavy (non-hydrogen) atoms. The van der Waals surface area contributed by atoms with Gasteiger partial charge >= 0.3 is 0 Å². The predicted octanol–water partition coefficient (Wildman–Crippen LogP) is 3.97. The minimum atomic E-state index is -0.409. The number of aromatic nitrogens is 2. The molecule has 1 aliphatic carbocycles. The summed E-state index contributed by atoms with van der Waals surface area (Å²) in [6.45, 7) is 4.20. The van der Waals surface area contributed by atoms with Crippen molar-refractivity contribution >= 4 is 11.6 Å². The third kappa shape index (κ3) is 3.03. The molecule has 0 atom stereocenters. The Bertz CT molecular complexity index is 659. The fourth-order valence-electron chi connectivity index (χ4n) is 3.16. The number of rotatable bonds is 4. The van der Waals surface area contributed by atoms with Crippen molar-refractivity contribution < 1.29 is 4.52 Å². The van der Waals surface area contributed by atoms with Gasteiger partial charge in [0.2, 0.25) is 5.89 Å². The van der Waals surface area contributed by atoms with Crippen molar-refractivity contribution in [1.29, 1.82) is 0 Å². The van der Waals surface area contributed by atoms with E-state index in [2.05, 4.69) is 30.1 Å². The molecule has 1 aromatic carbocycles. The lowest BCUT2D eigenvalue weighted by atomic mass is 9.85. The molecule has 4 nitrogen and oxygen atoms in total. The molecule has 0 unspecified atom stereocenters. The topological polar surface area (TPSA) is 64.9 Å². The van der Waals surface area contributed by atoms with Crippen molar-refractivity contribution in [3.63, 3.8) is 0 Å². The molecule has 0 saturated heterocycles. The molecule has 1 fully saturated rings. The summed E-state index contributed by atoms with van der Waals surface area (Å²) in [6, 6.07) is 7.87. The van der Waals surface area contributed by atoms with Crippen molar-refractivity contribution in [1.82, 2.24) is 10.1 Å². The van der Waals surface area contributed by atoms with Gasteiger partial charge in [-0.2, -0.15) is 4.98 Å². The Balaban J connectivity index is 1.82. The number of hydrogen-bond donors (Lipinski definition) is 1. The number of halogens is 1. The van der Waals surface area contributed by atoms with Gasteiger partial charge in [-0.1, -0.05) is 55.6 Å². The third-order valence-electron chi connectivity index (χ3n) is 4.48. The Kier molecular flexibility index (Phi) is 4.00. The second-order valence-corrected chi connectivity index (χ2v) is 7.41. The highest BCUT2D eigenvalue weighted by Crippen LogP contribution is 2.36. The van der Waals surface area contributed by atoms with Gasteiger partial charge in [-0.05, 0) is 37.0 Å². The molecule has 1 saturated carbocycles. The van der Waals surface area contributed by atoms with E-state index in [0.29, 0.717) is 11.7 Å². The zero-order valence-corrected chi connectivity index (χ0v) is 13.9. The normalized spacial score (nSPS) is 17.8. The largest absolute Gasteiger partial charge is 0.339 e. The molecule has 0 radical (unpaired) electrons. The van der Waals surface area contributed by atoms with E-state index in [1.165, 1.54) is 0 Å². The Hall–Kier alpha value is -1.39. The van der Waals surface area contributed by atoms with Crippen LogP contribution < -0.4 is 5.73 Å². The van der Waals surface area contributed by atoms with E-state index in [0.717, 1.165) is 42.7 Å². The molecule has 1 aromatic heterocycles. The van der Waals surface area contributed by atoms with Crippen molar-refractivity contribution in [2.75, 3.05) is 0 Å². The Morgan fingerprint density at radius 3 is 2.73 bits per heavy atom. The third-order valence-corrected chi connectivity index (χ3v) is 4.72. The van der Waals surface area contributed by atoms with Gasteiger partial charge in [-0.25, -0.2) is 0 Å². The van der Waals surface area contributed by atoms with Gasteiger partial charge in [-0.15, -0.1) is 0 Å². The molecule has 2 N–H and O–H groups in total. The molecule has 1 aliphatic rings. The van der Waals surface area contributed by atoms with E-state index < -0.39 is 5.54 Å². The molecule has 5 heteroatoms. The molecule has 3 rings (SSSR count). The maximum atomic E-state index is 6.41. The van der Waals surface area contributed by atoms with Crippen LogP contribution in [0, 0.1) is 0 Å². The van der Waals surface area contributed by atoms with Crippen molar-refractivity contribution in [3.8, 4) is 0 Å². The summed E-state index contributed by atoms with van der Waals surface area (Å²) in [5.41, 5.74) is 6.89. The van der Waals surface area contributed by atoms with Crippen molar-refractivity contribution in [2.24, 2.45) is 5.73 Å². The standard InChI is InChI=1S/C17H22ClN3O/c1-16(2,11-12-6-5-7-13(18)10-12)15-20-14(21-22-15)17(19)8-3-4-9-17/h5-7,10H,3-4,8-9,11,19H2,1-2H3. The van der Waals surface area contributed by atoms with Crippen LogP contribution in [-0.2, 0) is 17.4 Å². The van der Waals surface area contributed by atoms with Crippen LogP contribution in [0.25, 0.3) is 0 Å². The molecular formula is C17H22ClN3O. The van der Waals surface area contributed by atoms with Gasteiger partial charge < -0.3 is 10.3 Å². The lowest BCUT2D eigenvalue weighted by Crippen LogP contribution is -2.34. The highest BCUT2D eigenvalue weighted by molar-refractivity contribution is 6.30. The van der Waals surface area contributed by atoms with Gasteiger partial charge in [0.05, 0.1) is 5.54 Å². The van der Waals surface area contributed by atoms with Gasteiger partial charge in [0, 0.05) is 10.4 Å². The first-order chi connectivity index (χ1) is 10.4. The molecule has 0 aliphatic heterocycles. The molecule has 118 valence electrons. The predicted molar refractivity (Wildman–Crippen MR) is 86.8 cm³/mol. The lowest BCUT2D eigenvalue weighted by Gasteiger charge is -2.21. The van der Waals surface area contributed by atoms with Crippen LogP contribution in [0.3, 0.4) is 0 Å². The van der Waals surface area contributed by atoms with E-state index in [1.807, 2.05) is 18.2 Å². The molecular weight excluding hydrogens is 298 g/mol. The lowest BCUT2D eigenvalue weighted by molar-refractivity contribution is 0.297. The SMILES string of the molecule is CC(C)(Cc1cccc(Cl)c1)c1nc(C2(N)CCCC2)no1. The summed E-state index contributed by atoms with van der Waals surface area (Å²) in [4.78, 5) is 4.62. The smallest absolute Gasteiger partial charge is 0.232 e. The van der Waals surface area contributed by atoms with Crippen LogP contribution >= 0.6 is 11.6 Å². The summed E-state index contributed by atoms with van der Waals surface area (Å²) >= 11 is 6.06. The average Bonchev–Trinajstić information content (AvgIpc) is 3.08. The van der Waals surface area contributed by atoms with Gasteiger partial charge in [0.15, 0.2) is 5.82 Å². The van der Waals surface area contributed by atoms with Crippen LogP contribution in [-0.4, -0.2) is 10.1 Å². The summed E-state index contributed by atoms with van der Waals surface area (Å²) < 4.78 is 5.54. The molecule has 1 heterocycles. The van der Waals surface area contributed by atoms with E-state index in [1.54, 1.807) is 0 Å². The van der Waals surface area contributed by atoms with Crippen LogP contribution in [0.2, 0.25) is 5.02 Å². The maximum absolute atomic E-state index is 6.41. The Labute approximate surface area is 136 Å². The highest BCUT2D eigenvalue weighted by atomic mass is 35.5. The Morgan fingerprint density at radius 1 is 1.32 bits per heavy atom. The van der Waals surface area contributed by atoms with Crippen molar-refractivity contribution in [3.05, 3.63) is 46.6 Å². The zero-order chi connectivity index (χ0) is 15.8. The first-order valence-electron chi connectivity index (χ1n) is 7.77. The minimum absolute atomic E-state index is 0.259. The van der Waals surface area contributed by atoms with Gasteiger partial charge in [0.25, 0.3) is 0 Å². The van der Waals surface area contributed by atoms with Crippen LogP contribution in [0.5, 0.6) is 0 Å². The number of nitrogens with zero attached hydrogens (tertiary/aromatic N) is 2. The van der Waals surface area contributed by atoms with Gasteiger partial charge in [0.1, 0.15) is 0 Å². The Morgan fingerprint density at radius 2 is 2.05 bits per heavy atom. The van der Waals surface area contributed by atoms with E-state index in [9.17, 15) is 0 Å². The van der Waals surface area contributed by atoms with Crippen LogP contribution in [0.15, 0.2) is 28.8 Å². The highest BCUT2D eigenvalue weighted by Gasteiger charge is 2.38. The number of hydrogen-bond acceptors (Lipinski definition) is 4. The molecule has 2 aromatic rings. The van der Waals surface area contributed by atoms with E-state index in [-0.39, 0.29) is 5.41 Å². The second kappa shape index (κ2) is 5.67. The average molecular weight is 320 g/mol. The second-order valence-electron chi connectivity index (χ2n) is 6.98. The first-order valence-corrected chi connectivity index (χ1v) is 8.15. The number of nitrogens with two attached hydrogens (primary N) is 1. The summed E-state index contributed by atoms with van der Waals surface area (Å²) in [7, 11) is 0. The quantitative estimate of drug-likeness (QED) is 0.926. The molecule has 0 bridgehead atoms.